The minimum Gasteiger partial charge on any atom is -0.497 e. The second-order valence-electron chi connectivity index (χ2n) is 5.19. The molecule has 0 amide bonds. The molecule has 0 spiro atoms. The molecule has 0 saturated carbocycles. The number of aromatic nitrogens is 3. The maximum absolute atomic E-state index is 13.1. The average molecular weight is 421 g/mol. The number of halogens is 2. The summed E-state index contributed by atoms with van der Waals surface area (Å²) in [5.41, 5.74) is 2.66. The fourth-order valence-electron chi connectivity index (χ4n) is 2.43. The Morgan fingerprint density at radius 3 is 2.36 bits per heavy atom. The molecule has 4 rings (SSSR count). The Labute approximate surface area is 158 Å². The molecule has 25 heavy (non-hydrogen) atoms. The molecule has 0 atom stereocenters. The number of benzene rings is 2. The highest BCUT2D eigenvalue weighted by molar-refractivity contribution is 8.93. The fourth-order valence-corrected chi connectivity index (χ4v) is 3.27. The molecule has 0 bridgehead atoms. The van der Waals surface area contributed by atoms with Gasteiger partial charge in [-0.2, -0.15) is 9.78 Å². The molecule has 1 aliphatic rings. The van der Waals surface area contributed by atoms with E-state index in [2.05, 4.69) is 15.3 Å². The van der Waals surface area contributed by atoms with E-state index in [1.54, 1.807) is 35.7 Å². The molecule has 2 heterocycles. The number of fused-ring (bicyclic) bond motifs is 1. The second-order valence-corrected chi connectivity index (χ2v) is 6.13. The van der Waals surface area contributed by atoms with Gasteiger partial charge >= 0.3 is 0 Å². The maximum Gasteiger partial charge on any atom is 0.212 e. The number of rotatable bonds is 3. The van der Waals surface area contributed by atoms with Crippen LogP contribution in [0.4, 0.5) is 4.39 Å². The summed E-state index contributed by atoms with van der Waals surface area (Å²) in [5.74, 6) is 1.86. The third kappa shape index (κ3) is 3.45. The van der Waals surface area contributed by atoms with Gasteiger partial charge in [-0.05, 0) is 42.0 Å². The van der Waals surface area contributed by atoms with Gasteiger partial charge in [0.1, 0.15) is 11.6 Å². The van der Waals surface area contributed by atoms with Crippen molar-refractivity contribution in [1.29, 1.82) is 0 Å². The van der Waals surface area contributed by atoms with E-state index < -0.39 is 0 Å². The molecule has 1 aromatic heterocycles. The van der Waals surface area contributed by atoms with Gasteiger partial charge in [-0.1, -0.05) is 23.9 Å². The molecular weight excluding hydrogens is 407 g/mol. The van der Waals surface area contributed by atoms with E-state index in [1.807, 2.05) is 24.3 Å². The van der Waals surface area contributed by atoms with Crippen molar-refractivity contribution < 1.29 is 9.13 Å². The third-order valence-electron chi connectivity index (χ3n) is 3.70. The van der Waals surface area contributed by atoms with E-state index in [9.17, 15) is 4.39 Å². The summed E-state index contributed by atoms with van der Waals surface area (Å²) >= 11 is 1.56. The van der Waals surface area contributed by atoms with Crippen LogP contribution in [0.3, 0.4) is 0 Å². The van der Waals surface area contributed by atoms with Crippen molar-refractivity contribution in [2.45, 2.75) is 5.16 Å². The molecule has 1 aliphatic heterocycles. The Kier molecular flexibility index (Phi) is 5.19. The Morgan fingerprint density at radius 2 is 1.68 bits per heavy atom. The van der Waals surface area contributed by atoms with Gasteiger partial charge in [0.05, 0.1) is 12.8 Å². The van der Waals surface area contributed by atoms with Crippen molar-refractivity contribution in [3.05, 3.63) is 59.9 Å². The Bertz CT molecular complexity index is 909. The molecular formula is C17H14BrFN4OS. The van der Waals surface area contributed by atoms with E-state index in [0.29, 0.717) is 11.6 Å². The van der Waals surface area contributed by atoms with E-state index in [1.165, 1.54) is 12.1 Å². The van der Waals surface area contributed by atoms with Gasteiger partial charge in [0, 0.05) is 11.3 Å². The van der Waals surface area contributed by atoms with Crippen LogP contribution in [0.2, 0.25) is 0 Å². The number of ether oxygens (including phenoxy) is 1. The van der Waals surface area contributed by atoms with Gasteiger partial charge in [-0.25, -0.2) is 4.39 Å². The van der Waals surface area contributed by atoms with Gasteiger partial charge in [0.2, 0.25) is 5.16 Å². The minimum absolute atomic E-state index is 0. The lowest BCUT2D eigenvalue weighted by Gasteiger charge is -2.14. The number of nitrogens with zero attached hydrogens (tertiary/aromatic N) is 4. The first-order valence-corrected chi connectivity index (χ1v) is 8.29. The molecule has 8 heteroatoms. The monoisotopic (exact) mass is 420 g/mol. The van der Waals surface area contributed by atoms with Crippen LogP contribution in [0.25, 0.3) is 11.4 Å². The maximum atomic E-state index is 13.1. The van der Waals surface area contributed by atoms with Crippen LogP contribution in [-0.2, 0) is 0 Å². The molecule has 0 aliphatic carbocycles. The van der Waals surface area contributed by atoms with Crippen molar-refractivity contribution in [3.63, 3.8) is 0 Å². The SMILES string of the molecule is Br.COc1ccc(-c2nnc3n2N=C(c2ccc(F)cc2)CS3)cc1. The van der Waals surface area contributed by atoms with E-state index in [0.717, 1.165) is 27.7 Å². The van der Waals surface area contributed by atoms with Crippen molar-refractivity contribution in [2.75, 3.05) is 12.9 Å². The highest BCUT2D eigenvalue weighted by Crippen LogP contribution is 2.29. The van der Waals surface area contributed by atoms with E-state index in [4.69, 9.17) is 4.74 Å². The van der Waals surface area contributed by atoms with Gasteiger partial charge in [-0.3, -0.25) is 0 Å². The summed E-state index contributed by atoms with van der Waals surface area (Å²) in [7, 11) is 1.63. The van der Waals surface area contributed by atoms with Crippen molar-refractivity contribution >= 4 is 34.5 Å². The van der Waals surface area contributed by atoms with Crippen LogP contribution in [-0.4, -0.2) is 33.4 Å². The molecule has 0 N–H and O–H groups in total. The Morgan fingerprint density at radius 1 is 1.00 bits per heavy atom. The quantitative estimate of drug-likeness (QED) is 0.641. The molecule has 0 fully saturated rings. The van der Waals surface area contributed by atoms with Gasteiger partial charge in [0.25, 0.3) is 0 Å². The predicted molar refractivity (Wildman–Crippen MR) is 101 cm³/mol. The lowest BCUT2D eigenvalue weighted by Crippen LogP contribution is -2.13. The molecule has 0 unspecified atom stereocenters. The minimum atomic E-state index is -0.258. The largest absolute Gasteiger partial charge is 0.497 e. The summed E-state index contributed by atoms with van der Waals surface area (Å²) in [5, 5.41) is 13.8. The first-order valence-electron chi connectivity index (χ1n) is 7.31. The van der Waals surface area contributed by atoms with Gasteiger partial charge in [0.15, 0.2) is 5.82 Å². The lowest BCUT2D eigenvalue weighted by molar-refractivity contribution is 0.415. The lowest BCUT2D eigenvalue weighted by atomic mass is 10.1. The Balaban J connectivity index is 0.00000182. The van der Waals surface area contributed by atoms with E-state index in [-0.39, 0.29) is 22.8 Å². The highest BCUT2D eigenvalue weighted by atomic mass is 79.9. The highest BCUT2D eigenvalue weighted by Gasteiger charge is 2.20. The van der Waals surface area contributed by atoms with Crippen LogP contribution in [0, 0.1) is 5.82 Å². The summed E-state index contributed by atoms with van der Waals surface area (Å²) < 4.78 is 20.0. The number of hydrogen-bond acceptors (Lipinski definition) is 5. The smallest absolute Gasteiger partial charge is 0.212 e. The zero-order chi connectivity index (χ0) is 16.5. The molecule has 2 aromatic carbocycles. The topological polar surface area (TPSA) is 52.3 Å². The van der Waals surface area contributed by atoms with Crippen molar-refractivity contribution in [3.8, 4) is 17.1 Å². The molecule has 5 nitrogen and oxygen atoms in total. The second kappa shape index (κ2) is 7.37. The summed E-state index contributed by atoms with van der Waals surface area (Å²) in [4.78, 5) is 0. The number of thioether (sulfide) groups is 1. The predicted octanol–water partition coefficient (Wildman–Crippen LogP) is 4.03. The first kappa shape index (κ1) is 17.6. The summed E-state index contributed by atoms with van der Waals surface area (Å²) in [6.07, 6.45) is 0. The zero-order valence-corrected chi connectivity index (χ0v) is 15.7. The fraction of sp³-hybridized carbons (Fsp3) is 0.118. The van der Waals surface area contributed by atoms with Crippen molar-refractivity contribution in [2.24, 2.45) is 5.10 Å². The number of methoxy groups -OCH3 is 1. The van der Waals surface area contributed by atoms with Gasteiger partial charge in [-0.15, -0.1) is 27.2 Å². The van der Waals surface area contributed by atoms with Crippen molar-refractivity contribution in [1.82, 2.24) is 14.9 Å². The van der Waals surface area contributed by atoms with Crippen LogP contribution in [0.15, 0.2) is 58.8 Å². The molecule has 0 saturated heterocycles. The van der Waals surface area contributed by atoms with Crippen LogP contribution >= 0.6 is 28.7 Å². The van der Waals surface area contributed by atoms with Crippen LogP contribution in [0.5, 0.6) is 5.75 Å². The van der Waals surface area contributed by atoms with Gasteiger partial charge < -0.3 is 4.74 Å². The van der Waals surface area contributed by atoms with Crippen LogP contribution < -0.4 is 4.74 Å². The zero-order valence-electron chi connectivity index (χ0n) is 13.2. The standard InChI is InChI=1S/C17H13FN4OS.BrH/c1-23-14-8-4-12(5-9-14)16-19-20-17-22(16)21-15(10-24-17)11-2-6-13(18)7-3-11;/h2-9H,10H2,1H3;1H. The summed E-state index contributed by atoms with van der Waals surface area (Å²) in [6.45, 7) is 0. The van der Waals surface area contributed by atoms with E-state index >= 15 is 0 Å². The molecule has 0 radical (unpaired) electrons. The number of hydrogen-bond donors (Lipinski definition) is 0. The molecule has 128 valence electrons. The molecule has 3 aromatic rings. The normalized spacial score (nSPS) is 12.8. The average Bonchev–Trinajstić information content (AvgIpc) is 3.05. The third-order valence-corrected chi connectivity index (χ3v) is 4.63. The summed E-state index contributed by atoms with van der Waals surface area (Å²) in [6, 6.07) is 13.9. The van der Waals surface area contributed by atoms with Crippen LogP contribution in [0.1, 0.15) is 5.56 Å². The first-order chi connectivity index (χ1) is 11.7. The Hall–Kier alpha value is -2.19.